The van der Waals surface area contributed by atoms with Crippen LogP contribution in [0, 0.1) is 5.82 Å². The number of furan rings is 1. The third-order valence-electron chi connectivity index (χ3n) is 2.00. The van der Waals surface area contributed by atoms with Gasteiger partial charge in [0, 0.05) is 11.1 Å². The minimum atomic E-state index is -0.441. The van der Waals surface area contributed by atoms with E-state index in [9.17, 15) is 9.18 Å². The highest BCUT2D eigenvalue weighted by molar-refractivity contribution is 9.10. The molecule has 76 valence electrons. The van der Waals surface area contributed by atoms with Gasteiger partial charge < -0.3 is 4.42 Å². The Hall–Kier alpha value is -1.42. The van der Waals surface area contributed by atoms with E-state index < -0.39 is 5.82 Å². The van der Waals surface area contributed by atoms with Gasteiger partial charge in [-0.05, 0) is 40.2 Å². The molecule has 2 rings (SSSR count). The Balaban J connectivity index is 2.63. The van der Waals surface area contributed by atoms with Crippen LogP contribution in [0.25, 0.3) is 11.3 Å². The van der Waals surface area contributed by atoms with Crippen molar-refractivity contribution >= 4 is 22.2 Å². The van der Waals surface area contributed by atoms with E-state index in [2.05, 4.69) is 15.9 Å². The van der Waals surface area contributed by atoms with Crippen molar-refractivity contribution in [2.24, 2.45) is 0 Å². The van der Waals surface area contributed by atoms with Crippen LogP contribution in [0.5, 0.6) is 0 Å². The molecule has 0 N–H and O–H groups in total. The topological polar surface area (TPSA) is 30.2 Å². The second kappa shape index (κ2) is 3.98. The number of halogens is 2. The molecule has 1 aromatic heterocycles. The van der Waals surface area contributed by atoms with E-state index in [4.69, 9.17) is 4.42 Å². The van der Waals surface area contributed by atoms with Crippen molar-refractivity contribution in [3.05, 3.63) is 46.4 Å². The molecule has 0 aliphatic carbocycles. The smallest absolute Gasteiger partial charge is 0.150 e. The molecule has 0 aliphatic rings. The Morgan fingerprint density at radius 2 is 2.13 bits per heavy atom. The number of benzene rings is 1. The van der Waals surface area contributed by atoms with E-state index >= 15 is 0 Å². The maximum absolute atomic E-state index is 12.9. The second-order valence-electron chi connectivity index (χ2n) is 2.95. The number of aldehydes is 1. The minimum Gasteiger partial charge on any atom is -0.463 e. The fourth-order valence-corrected chi connectivity index (χ4v) is 1.74. The van der Waals surface area contributed by atoms with E-state index in [1.54, 1.807) is 6.07 Å². The average Bonchev–Trinajstić information content (AvgIpc) is 2.64. The highest BCUT2D eigenvalue weighted by Crippen LogP contribution is 2.31. The lowest BCUT2D eigenvalue weighted by molar-refractivity contribution is 0.112. The number of carbonyl (C=O) groups excluding carboxylic acids is 1. The molecular formula is C11H6BrFO2. The van der Waals surface area contributed by atoms with Crippen LogP contribution in [0.3, 0.4) is 0 Å². The summed E-state index contributed by atoms with van der Waals surface area (Å²) in [5.74, 6) is 0.0839. The van der Waals surface area contributed by atoms with Crippen molar-refractivity contribution in [3.8, 4) is 11.3 Å². The first-order valence-electron chi connectivity index (χ1n) is 4.20. The molecule has 0 radical (unpaired) electrons. The molecular weight excluding hydrogens is 263 g/mol. The predicted octanol–water partition coefficient (Wildman–Crippen LogP) is 3.66. The summed E-state index contributed by atoms with van der Waals surface area (Å²) >= 11 is 3.28. The third-order valence-corrected chi connectivity index (χ3v) is 2.63. The lowest BCUT2D eigenvalue weighted by atomic mass is 10.1. The standard InChI is InChI=1S/C11H6BrFO2/c12-10-3-4-15-11(10)9-2-1-8(13)5-7(9)6-14/h1-6H. The van der Waals surface area contributed by atoms with Gasteiger partial charge in [-0.15, -0.1) is 0 Å². The first kappa shape index (κ1) is 10.1. The van der Waals surface area contributed by atoms with Crippen LogP contribution in [0.2, 0.25) is 0 Å². The number of rotatable bonds is 2. The summed E-state index contributed by atoms with van der Waals surface area (Å²) in [4.78, 5) is 10.8. The van der Waals surface area contributed by atoms with Crippen molar-refractivity contribution < 1.29 is 13.6 Å². The highest BCUT2D eigenvalue weighted by atomic mass is 79.9. The Bertz CT molecular complexity index is 505. The quantitative estimate of drug-likeness (QED) is 0.779. The molecule has 0 unspecified atom stereocenters. The maximum Gasteiger partial charge on any atom is 0.150 e. The van der Waals surface area contributed by atoms with Crippen LogP contribution in [0.1, 0.15) is 10.4 Å². The number of hydrogen-bond acceptors (Lipinski definition) is 2. The molecule has 0 saturated heterocycles. The Morgan fingerprint density at radius 3 is 2.73 bits per heavy atom. The molecule has 0 saturated carbocycles. The first-order valence-corrected chi connectivity index (χ1v) is 5.00. The lowest BCUT2D eigenvalue weighted by Gasteiger charge is -2.01. The predicted molar refractivity (Wildman–Crippen MR) is 57.2 cm³/mol. The zero-order valence-electron chi connectivity index (χ0n) is 7.54. The van der Waals surface area contributed by atoms with Gasteiger partial charge in [-0.1, -0.05) is 0 Å². The lowest BCUT2D eigenvalue weighted by Crippen LogP contribution is -1.88. The molecule has 0 spiro atoms. The van der Waals surface area contributed by atoms with Crippen molar-refractivity contribution in [3.63, 3.8) is 0 Å². The molecule has 0 amide bonds. The second-order valence-corrected chi connectivity index (χ2v) is 3.80. The van der Waals surface area contributed by atoms with Crippen LogP contribution in [-0.2, 0) is 0 Å². The normalized spacial score (nSPS) is 10.3. The van der Waals surface area contributed by atoms with Gasteiger partial charge >= 0.3 is 0 Å². The Morgan fingerprint density at radius 1 is 1.33 bits per heavy atom. The van der Waals surface area contributed by atoms with Gasteiger partial charge in [0.15, 0.2) is 6.29 Å². The van der Waals surface area contributed by atoms with Crippen LogP contribution < -0.4 is 0 Å². The van der Waals surface area contributed by atoms with Crippen molar-refractivity contribution in [1.29, 1.82) is 0 Å². The molecule has 15 heavy (non-hydrogen) atoms. The summed E-state index contributed by atoms with van der Waals surface area (Å²) in [6.45, 7) is 0. The van der Waals surface area contributed by atoms with Crippen LogP contribution in [0.4, 0.5) is 4.39 Å². The number of hydrogen-bond donors (Lipinski definition) is 0. The molecule has 0 fully saturated rings. The van der Waals surface area contributed by atoms with Gasteiger partial charge in [0.25, 0.3) is 0 Å². The highest BCUT2D eigenvalue weighted by Gasteiger charge is 2.11. The number of carbonyl (C=O) groups is 1. The van der Waals surface area contributed by atoms with Crippen LogP contribution >= 0.6 is 15.9 Å². The molecule has 2 aromatic rings. The molecule has 0 atom stereocenters. The van der Waals surface area contributed by atoms with E-state index in [1.165, 1.54) is 24.5 Å². The Labute approximate surface area is 93.8 Å². The SMILES string of the molecule is O=Cc1cc(F)ccc1-c1occc1Br. The van der Waals surface area contributed by atoms with Crippen LogP contribution in [-0.4, -0.2) is 6.29 Å². The van der Waals surface area contributed by atoms with Crippen LogP contribution in [0.15, 0.2) is 39.4 Å². The van der Waals surface area contributed by atoms with E-state index in [-0.39, 0.29) is 5.56 Å². The van der Waals surface area contributed by atoms with E-state index in [0.717, 1.165) is 4.47 Å². The fourth-order valence-electron chi connectivity index (χ4n) is 1.32. The zero-order valence-corrected chi connectivity index (χ0v) is 9.12. The molecule has 2 nitrogen and oxygen atoms in total. The van der Waals surface area contributed by atoms with E-state index in [0.29, 0.717) is 17.6 Å². The molecule has 4 heteroatoms. The molecule has 1 heterocycles. The summed E-state index contributed by atoms with van der Waals surface area (Å²) in [6, 6.07) is 5.70. The third kappa shape index (κ3) is 1.85. The largest absolute Gasteiger partial charge is 0.463 e. The van der Waals surface area contributed by atoms with Crippen molar-refractivity contribution in [1.82, 2.24) is 0 Å². The maximum atomic E-state index is 12.9. The minimum absolute atomic E-state index is 0.269. The molecule has 0 bridgehead atoms. The van der Waals surface area contributed by atoms with Gasteiger partial charge in [0.2, 0.25) is 0 Å². The molecule has 0 aliphatic heterocycles. The monoisotopic (exact) mass is 268 g/mol. The van der Waals surface area contributed by atoms with Gasteiger partial charge in [-0.2, -0.15) is 0 Å². The van der Waals surface area contributed by atoms with Gasteiger partial charge in [-0.3, -0.25) is 4.79 Å². The summed E-state index contributed by atoms with van der Waals surface area (Å²) in [5.41, 5.74) is 0.842. The zero-order chi connectivity index (χ0) is 10.8. The van der Waals surface area contributed by atoms with Crippen molar-refractivity contribution in [2.75, 3.05) is 0 Å². The first-order chi connectivity index (χ1) is 7.22. The average molecular weight is 269 g/mol. The van der Waals surface area contributed by atoms with Gasteiger partial charge in [-0.25, -0.2) is 4.39 Å². The summed E-state index contributed by atoms with van der Waals surface area (Å²) in [6.07, 6.45) is 2.10. The van der Waals surface area contributed by atoms with Crippen molar-refractivity contribution in [2.45, 2.75) is 0 Å². The van der Waals surface area contributed by atoms with Gasteiger partial charge in [0.1, 0.15) is 11.6 Å². The summed E-state index contributed by atoms with van der Waals surface area (Å²) in [7, 11) is 0. The summed E-state index contributed by atoms with van der Waals surface area (Å²) in [5, 5.41) is 0. The molecule has 1 aromatic carbocycles. The van der Waals surface area contributed by atoms with Gasteiger partial charge in [0.05, 0.1) is 10.7 Å². The van der Waals surface area contributed by atoms with E-state index in [1.807, 2.05) is 0 Å². The fraction of sp³-hybridized carbons (Fsp3) is 0. The Kier molecular flexibility index (Phi) is 2.68. The summed E-state index contributed by atoms with van der Waals surface area (Å²) < 4.78 is 18.8.